The second-order valence-corrected chi connectivity index (χ2v) is 27.0. The molecule has 10 aromatic carbocycles. The number of esters is 10. The summed E-state index contributed by atoms with van der Waals surface area (Å²) in [7, 11) is 1.03. The maximum atomic E-state index is 15.1. The van der Waals surface area contributed by atoms with Gasteiger partial charge in [-0.05, 0) is 128 Å². The molecule has 0 bridgehead atoms. The van der Waals surface area contributed by atoms with E-state index in [0.29, 0.717) is 115 Å². The molecule has 5 unspecified atom stereocenters. The second kappa shape index (κ2) is 35.8. The molecule has 0 amide bonds. The van der Waals surface area contributed by atoms with Gasteiger partial charge in [0.2, 0.25) is 34.5 Å². The second-order valence-electron chi connectivity index (χ2n) is 27.0. The van der Waals surface area contributed by atoms with E-state index < -0.39 is 350 Å². The van der Waals surface area contributed by atoms with Crippen molar-refractivity contribution in [1.82, 2.24) is 0 Å². The van der Waals surface area contributed by atoms with E-state index in [1.54, 1.807) is 0 Å². The molecular formula is C81H62O45. The first-order valence-corrected chi connectivity index (χ1v) is 35.3. The average molecular weight is 1760 g/mol. The molecule has 0 aliphatic heterocycles. The smallest absolute Gasteiger partial charge is 0.343 e. The average Bonchev–Trinajstić information content (AvgIpc) is 0.785. The van der Waals surface area contributed by atoms with Crippen molar-refractivity contribution in [3.63, 3.8) is 0 Å². The van der Waals surface area contributed by atoms with Gasteiger partial charge < -0.3 is 175 Å². The van der Waals surface area contributed by atoms with Crippen LogP contribution in [0.15, 0.2) is 121 Å². The molecule has 10 aromatic rings. The standard InChI is InChI=1S/C81H62O45/c1-116-56-16-35(14-49(90)66(56)100)81(115)126-60-17-31(10-50(91)70(60)104)72(106)117-23-37-22-55(121-80(114)36-15-54(95)71(105)61(21-36)125-79(113)30-8-47(88)65(99)48(89)9-30)40(26-120-75(109)34-13-53(94)69(103)59(20-34)124-78(112)29-6-45(86)64(98)46(87)7-29)39(25-119-74(108)33-12-52(93)68(102)58(19-33)123-77(111)28-4-43(84)63(97)44(85)5-28)38(37)24-118-73(107)32-11-51(92)67(101)57(18-32)122-76(110)27-2-41(82)62(96)42(83)3-27/h2-21,37-40,55,82-105H,22-26H2,1H3. The molecule has 126 heavy (non-hydrogen) atoms. The van der Waals surface area contributed by atoms with Crippen LogP contribution in [0.4, 0.5) is 0 Å². The molecule has 0 heterocycles. The van der Waals surface area contributed by atoms with Crippen LogP contribution in [-0.4, -0.2) is 222 Å². The number of benzene rings is 10. The molecule has 1 saturated carbocycles. The van der Waals surface area contributed by atoms with E-state index >= 15 is 4.79 Å². The first-order valence-electron chi connectivity index (χ1n) is 35.3. The van der Waals surface area contributed by atoms with Crippen LogP contribution in [0.5, 0.6) is 172 Å². The van der Waals surface area contributed by atoms with Gasteiger partial charge in [0.15, 0.2) is 138 Å². The topological polar surface area (TPSA) is 758 Å². The highest BCUT2D eigenvalue weighted by molar-refractivity contribution is 6.00. The largest absolute Gasteiger partial charge is 0.504 e. The lowest BCUT2D eigenvalue weighted by molar-refractivity contribution is -0.106. The third-order valence-electron chi connectivity index (χ3n) is 18.8. The molecule has 0 saturated heterocycles. The third kappa shape index (κ3) is 19.0. The molecule has 45 heteroatoms. The molecule has 1 aliphatic carbocycles. The normalized spacial score (nSPS) is 14.5. The van der Waals surface area contributed by atoms with Crippen LogP contribution in [0, 0.1) is 23.7 Å². The molecule has 0 spiro atoms. The van der Waals surface area contributed by atoms with E-state index in [1.807, 2.05) is 0 Å². The summed E-state index contributed by atoms with van der Waals surface area (Å²) in [4.78, 5) is 141. The van der Waals surface area contributed by atoms with Crippen LogP contribution in [0.3, 0.4) is 0 Å². The third-order valence-corrected chi connectivity index (χ3v) is 18.8. The highest BCUT2D eigenvalue weighted by atomic mass is 16.6. The minimum absolute atomic E-state index is 0.484. The van der Waals surface area contributed by atoms with Gasteiger partial charge in [-0.15, -0.1) is 0 Å². The number of aromatic hydroxyl groups is 24. The van der Waals surface area contributed by atoms with Crippen LogP contribution in [0.2, 0.25) is 0 Å². The summed E-state index contributed by atoms with van der Waals surface area (Å²) >= 11 is 0. The number of hydrogen-bond acceptors (Lipinski definition) is 45. The number of phenolic OH excluding ortho intramolecular Hbond substituents is 24. The molecule has 45 nitrogen and oxygen atoms in total. The first kappa shape index (κ1) is 88.7. The molecule has 1 fully saturated rings. The van der Waals surface area contributed by atoms with Crippen molar-refractivity contribution in [2.75, 3.05) is 33.5 Å². The zero-order valence-electron chi connectivity index (χ0n) is 63.3. The lowest BCUT2D eigenvalue weighted by Gasteiger charge is -2.45. The molecule has 1 aliphatic rings. The number of rotatable bonds is 25. The lowest BCUT2D eigenvalue weighted by Crippen LogP contribution is -2.51. The minimum atomic E-state index is -2.13. The number of carbonyl (C=O) groups is 10. The van der Waals surface area contributed by atoms with Crippen molar-refractivity contribution in [1.29, 1.82) is 0 Å². The Bertz CT molecular complexity index is 6070. The quantitative estimate of drug-likeness (QED) is 0.0125. The highest BCUT2D eigenvalue weighted by Crippen LogP contribution is 2.49. The lowest BCUT2D eigenvalue weighted by atomic mass is 9.65. The summed E-state index contributed by atoms with van der Waals surface area (Å²) in [5.41, 5.74) is -8.01. The van der Waals surface area contributed by atoms with Crippen LogP contribution in [0.1, 0.15) is 110 Å². The van der Waals surface area contributed by atoms with Crippen LogP contribution in [-0.2, 0) is 23.7 Å². The van der Waals surface area contributed by atoms with Gasteiger partial charge in [0, 0.05) is 23.7 Å². The van der Waals surface area contributed by atoms with E-state index in [0.717, 1.165) is 13.2 Å². The Morgan fingerprint density at radius 2 is 0.405 bits per heavy atom. The Kier molecular flexibility index (Phi) is 25.2. The zero-order valence-corrected chi connectivity index (χ0v) is 63.3. The van der Waals surface area contributed by atoms with E-state index in [-0.39, 0.29) is 0 Å². The SMILES string of the molecule is COc1cc(C(=O)Oc2cc(C(=O)OCC3CC(OC(=O)c4cc(O)c(O)c(OC(=O)c5cc(O)c(O)c(O)c5)c4)C(COC(=O)c4cc(O)c(O)c(OC(=O)c5cc(O)c(O)c(O)c5)c4)C(COC(=O)c4cc(O)c(O)c(OC(=O)c5cc(O)c(O)c(O)c5)c4)C3COC(=O)c3cc(O)c(O)c(OC(=O)c4cc(O)c(O)c(O)c4)c3)cc(O)c2O)cc(O)c1O. The summed E-state index contributed by atoms with van der Waals surface area (Å²) in [5, 5.41) is 251. The number of phenols is 24. The summed E-state index contributed by atoms with van der Waals surface area (Å²) in [6.45, 7) is -5.08. The van der Waals surface area contributed by atoms with Gasteiger partial charge in [-0.25, -0.2) is 47.9 Å². The Labute approximate surface area is 699 Å². The predicted octanol–water partition coefficient (Wildman–Crippen LogP) is 6.55. The molecule has 11 rings (SSSR count). The van der Waals surface area contributed by atoms with Gasteiger partial charge in [-0.2, -0.15) is 0 Å². The monoisotopic (exact) mass is 1750 g/mol. The minimum Gasteiger partial charge on any atom is -0.504 e. The Balaban J connectivity index is 1.04. The number of hydrogen-bond donors (Lipinski definition) is 24. The molecule has 656 valence electrons. The van der Waals surface area contributed by atoms with Crippen molar-refractivity contribution in [3.8, 4) is 172 Å². The fraction of sp³-hybridized carbons (Fsp3) is 0.136. The van der Waals surface area contributed by atoms with Gasteiger partial charge in [0.1, 0.15) is 6.10 Å². The Hall–Kier alpha value is -18.1. The van der Waals surface area contributed by atoms with E-state index in [4.69, 9.17) is 52.1 Å². The Morgan fingerprint density at radius 1 is 0.222 bits per heavy atom. The molecular weight excluding hydrogens is 1690 g/mol. The van der Waals surface area contributed by atoms with Crippen molar-refractivity contribution < 1.29 is 223 Å². The van der Waals surface area contributed by atoms with Crippen molar-refractivity contribution >= 4 is 59.7 Å². The maximum absolute atomic E-state index is 15.1. The molecule has 5 atom stereocenters. The van der Waals surface area contributed by atoms with Gasteiger partial charge in [0.25, 0.3) is 0 Å². The Morgan fingerprint density at radius 3 is 0.651 bits per heavy atom. The summed E-state index contributed by atoms with van der Waals surface area (Å²) < 4.78 is 60.2. The summed E-state index contributed by atoms with van der Waals surface area (Å²) in [6.07, 6.45) is -3.06. The summed E-state index contributed by atoms with van der Waals surface area (Å²) in [5.74, 6) is -57.0. The number of methoxy groups -OCH3 is 1. The maximum Gasteiger partial charge on any atom is 0.343 e. The van der Waals surface area contributed by atoms with Crippen LogP contribution in [0.25, 0.3) is 0 Å². The molecule has 0 radical (unpaired) electrons. The predicted molar refractivity (Wildman–Crippen MR) is 405 cm³/mol. The fourth-order valence-electron chi connectivity index (χ4n) is 12.4. The van der Waals surface area contributed by atoms with Crippen LogP contribution >= 0.6 is 0 Å². The van der Waals surface area contributed by atoms with Crippen molar-refractivity contribution in [3.05, 3.63) is 177 Å². The first-order chi connectivity index (χ1) is 59.4. The molecule has 0 aromatic heterocycles. The van der Waals surface area contributed by atoms with Crippen LogP contribution < -0.4 is 28.4 Å². The van der Waals surface area contributed by atoms with E-state index in [1.165, 1.54) is 0 Å². The van der Waals surface area contributed by atoms with Gasteiger partial charge >= 0.3 is 59.7 Å². The number of ether oxygens (including phenoxy) is 11. The van der Waals surface area contributed by atoms with E-state index in [2.05, 4.69) is 0 Å². The summed E-state index contributed by atoms with van der Waals surface area (Å²) in [6, 6.07) is 11.4. The van der Waals surface area contributed by atoms with Gasteiger partial charge in [0.05, 0.1) is 89.2 Å². The van der Waals surface area contributed by atoms with E-state index in [9.17, 15) is 166 Å². The van der Waals surface area contributed by atoms with Crippen molar-refractivity contribution in [2.24, 2.45) is 23.7 Å². The zero-order chi connectivity index (χ0) is 92.2. The fourth-order valence-corrected chi connectivity index (χ4v) is 12.4. The molecule has 24 N–H and O–H groups in total. The number of carbonyl (C=O) groups excluding carboxylic acids is 10. The van der Waals surface area contributed by atoms with Crippen molar-refractivity contribution in [2.45, 2.75) is 12.5 Å². The van der Waals surface area contributed by atoms with Gasteiger partial charge in [-0.1, -0.05) is 0 Å². The van der Waals surface area contributed by atoms with Gasteiger partial charge in [-0.3, -0.25) is 0 Å². The highest BCUT2D eigenvalue weighted by Gasteiger charge is 2.49.